The van der Waals surface area contributed by atoms with Crippen LogP contribution in [0.4, 0.5) is 10.5 Å². The van der Waals surface area contributed by atoms with Crippen LogP contribution in [0.1, 0.15) is 40.0 Å². The van der Waals surface area contributed by atoms with E-state index in [4.69, 9.17) is 30.5 Å². The van der Waals surface area contributed by atoms with E-state index in [-0.39, 0.29) is 35.4 Å². The molecule has 1 N–H and O–H groups in total. The molecule has 4 rings (SSSR count). The molecular weight excluding hydrogens is 406 g/mol. The number of epoxide rings is 2. The fourth-order valence-electron chi connectivity index (χ4n) is 4.89. The number of nitrogens with one attached hydrogen (secondary N) is 1. The van der Waals surface area contributed by atoms with Gasteiger partial charge >= 0.3 is 6.09 Å². The second kappa shape index (κ2) is 8.15. The molecule has 6 nitrogen and oxygen atoms in total. The van der Waals surface area contributed by atoms with E-state index in [9.17, 15) is 4.79 Å². The second-order valence-corrected chi connectivity index (χ2v) is 9.39. The SMILES string of the molecule is COC1C(OC(=O)Nc2ccc(Cl)cc2)CCC2(CO2)C1C1(C)OC1CC=C(C)C. The maximum absolute atomic E-state index is 12.5. The standard InChI is InChI=1S/C23H30ClNO5/c1-14(2)5-10-18-22(3,30-18)20-19(27-4)17(11-12-23(20)13-28-23)29-21(26)25-16-8-6-15(24)7-9-16/h5-9,17-20H,10-13H2,1-4H3,(H,25,26). The summed E-state index contributed by atoms with van der Waals surface area (Å²) >= 11 is 5.90. The van der Waals surface area contributed by atoms with Crippen molar-refractivity contribution in [2.45, 2.75) is 69.5 Å². The molecule has 1 amide bonds. The van der Waals surface area contributed by atoms with Crippen molar-refractivity contribution in [3.63, 3.8) is 0 Å². The molecule has 6 atom stereocenters. The minimum atomic E-state index is -0.501. The van der Waals surface area contributed by atoms with Crippen molar-refractivity contribution in [3.05, 3.63) is 40.9 Å². The number of ether oxygens (including phenoxy) is 4. The number of carbonyl (C=O) groups is 1. The average molecular weight is 436 g/mol. The summed E-state index contributed by atoms with van der Waals surface area (Å²) in [7, 11) is 1.67. The Bertz CT molecular complexity index is 817. The number of anilines is 1. The minimum Gasteiger partial charge on any atom is -0.443 e. The highest BCUT2D eigenvalue weighted by atomic mass is 35.5. The molecule has 2 saturated heterocycles. The smallest absolute Gasteiger partial charge is 0.411 e. The van der Waals surface area contributed by atoms with Gasteiger partial charge in [-0.25, -0.2) is 4.79 Å². The van der Waals surface area contributed by atoms with Crippen LogP contribution in [0.5, 0.6) is 0 Å². The lowest BCUT2D eigenvalue weighted by Gasteiger charge is -2.42. The van der Waals surface area contributed by atoms with Crippen molar-refractivity contribution in [1.82, 2.24) is 0 Å². The van der Waals surface area contributed by atoms with Crippen molar-refractivity contribution in [1.29, 1.82) is 0 Å². The zero-order chi connectivity index (χ0) is 21.5. The van der Waals surface area contributed by atoms with E-state index in [1.165, 1.54) is 5.57 Å². The third-order valence-corrected chi connectivity index (χ3v) is 6.84. The van der Waals surface area contributed by atoms with Gasteiger partial charge < -0.3 is 18.9 Å². The summed E-state index contributed by atoms with van der Waals surface area (Å²) in [6.45, 7) is 7.02. The lowest BCUT2D eigenvalue weighted by Crippen LogP contribution is -2.55. The van der Waals surface area contributed by atoms with Gasteiger partial charge in [-0.05, 0) is 64.3 Å². The number of amides is 1. The number of rotatable bonds is 6. The first kappa shape index (κ1) is 21.6. The van der Waals surface area contributed by atoms with Crippen molar-refractivity contribution in [3.8, 4) is 0 Å². The van der Waals surface area contributed by atoms with Crippen molar-refractivity contribution in [2.24, 2.45) is 5.92 Å². The van der Waals surface area contributed by atoms with Gasteiger partial charge in [0.2, 0.25) is 0 Å². The molecule has 30 heavy (non-hydrogen) atoms. The third-order valence-electron chi connectivity index (χ3n) is 6.59. The van der Waals surface area contributed by atoms with Crippen LogP contribution in [0.15, 0.2) is 35.9 Å². The Morgan fingerprint density at radius 2 is 2.03 bits per heavy atom. The van der Waals surface area contributed by atoms with Crippen LogP contribution in [-0.2, 0) is 18.9 Å². The number of allylic oxidation sites excluding steroid dienone is 1. The molecule has 1 spiro atoms. The van der Waals surface area contributed by atoms with Crippen LogP contribution in [0, 0.1) is 5.92 Å². The molecule has 3 fully saturated rings. The Kier molecular flexibility index (Phi) is 5.88. The van der Waals surface area contributed by atoms with Gasteiger partial charge in [0, 0.05) is 17.8 Å². The molecule has 1 saturated carbocycles. The molecule has 2 heterocycles. The van der Waals surface area contributed by atoms with E-state index in [1.54, 1.807) is 31.4 Å². The van der Waals surface area contributed by atoms with Crippen molar-refractivity contribution in [2.75, 3.05) is 19.0 Å². The number of halogens is 1. The highest BCUT2D eigenvalue weighted by Crippen LogP contribution is 2.59. The van der Waals surface area contributed by atoms with E-state index >= 15 is 0 Å². The first-order valence-corrected chi connectivity index (χ1v) is 10.9. The average Bonchev–Trinajstić information content (AvgIpc) is 3.61. The molecule has 0 radical (unpaired) electrons. The summed E-state index contributed by atoms with van der Waals surface area (Å²) in [6, 6.07) is 6.91. The van der Waals surface area contributed by atoms with E-state index in [0.29, 0.717) is 23.7 Å². The van der Waals surface area contributed by atoms with Crippen LogP contribution in [0.2, 0.25) is 5.02 Å². The zero-order valence-electron chi connectivity index (χ0n) is 17.9. The second-order valence-electron chi connectivity index (χ2n) is 8.95. The third kappa shape index (κ3) is 4.24. The molecule has 1 aromatic rings. The minimum absolute atomic E-state index is 0.00708. The number of benzene rings is 1. The largest absolute Gasteiger partial charge is 0.443 e. The first-order valence-electron chi connectivity index (χ1n) is 10.5. The number of hydrogen-bond acceptors (Lipinski definition) is 5. The highest BCUT2D eigenvalue weighted by Gasteiger charge is 2.72. The highest BCUT2D eigenvalue weighted by molar-refractivity contribution is 6.30. The molecular formula is C23H30ClNO5. The van der Waals surface area contributed by atoms with Gasteiger partial charge in [-0.15, -0.1) is 0 Å². The van der Waals surface area contributed by atoms with Crippen LogP contribution >= 0.6 is 11.6 Å². The number of hydrogen-bond donors (Lipinski definition) is 1. The Morgan fingerprint density at radius 3 is 2.63 bits per heavy atom. The van der Waals surface area contributed by atoms with Gasteiger partial charge in [0.1, 0.15) is 23.4 Å². The molecule has 3 aliphatic rings. The maximum Gasteiger partial charge on any atom is 0.411 e. The fraction of sp³-hybridized carbons (Fsp3) is 0.609. The molecule has 1 aliphatic carbocycles. The van der Waals surface area contributed by atoms with Gasteiger partial charge in [-0.3, -0.25) is 5.32 Å². The molecule has 1 aromatic carbocycles. The van der Waals surface area contributed by atoms with Gasteiger partial charge in [-0.1, -0.05) is 23.3 Å². The molecule has 0 bridgehead atoms. The Labute approximate surface area is 182 Å². The fourth-order valence-corrected chi connectivity index (χ4v) is 5.01. The predicted octanol–water partition coefficient (Wildman–Crippen LogP) is 4.96. The summed E-state index contributed by atoms with van der Waals surface area (Å²) in [4.78, 5) is 12.5. The van der Waals surface area contributed by atoms with Gasteiger partial charge in [0.05, 0.1) is 18.6 Å². The normalized spacial score (nSPS) is 36.8. The zero-order valence-corrected chi connectivity index (χ0v) is 18.7. The van der Waals surface area contributed by atoms with Gasteiger partial charge in [-0.2, -0.15) is 0 Å². The quantitative estimate of drug-likeness (QED) is 0.504. The Balaban J connectivity index is 1.45. The summed E-state index contributed by atoms with van der Waals surface area (Å²) in [5.74, 6) is 0.00708. The van der Waals surface area contributed by atoms with E-state index in [0.717, 1.165) is 12.8 Å². The first-order chi connectivity index (χ1) is 14.3. The maximum atomic E-state index is 12.5. The predicted molar refractivity (Wildman–Crippen MR) is 115 cm³/mol. The Hall–Kier alpha value is -1.60. The van der Waals surface area contributed by atoms with Gasteiger partial charge in [0.15, 0.2) is 0 Å². The summed E-state index contributed by atoms with van der Waals surface area (Å²) in [5.41, 5.74) is 1.32. The monoisotopic (exact) mass is 435 g/mol. The molecule has 2 aliphatic heterocycles. The number of carbonyl (C=O) groups excluding carboxylic acids is 1. The van der Waals surface area contributed by atoms with Crippen molar-refractivity contribution < 1.29 is 23.7 Å². The summed E-state index contributed by atoms with van der Waals surface area (Å²) in [5, 5.41) is 3.37. The lowest BCUT2D eigenvalue weighted by atomic mass is 9.68. The van der Waals surface area contributed by atoms with E-state index < -0.39 is 6.09 Å². The van der Waals surface area contributed by atoms with Crippen LogP contribution in [0.3, 0.4) is 0 Å². The summed E-state index contributed by atoms with van der Waals surface area (Å²) < 4.78 is 23.8. The topological polar surface area (TPSA) is 72.6 Å². The van der Waals surface area contributed by atoms with Crippen LogP contribution in [0.25, 0.3) is 0 Å². The lowest BCUT2D eigenvalue weighted by molar-refractivity contribution is -0.116. The molecule has 164 valence electrons. The van der Waals surface area contributed by atoms with Crippen LogP contribution in [-0.4, -0.2) is 49.3 Å². The van der Waals surface area contributed by atoms with E-state index in [1.807, 2.05) is 0 Å². The Morgan fingerprint density at radius 1 is 1.33 bits per heavy atom. The van der Waals surface area contributed by atoms with E-state index in [2.05, 4.69) is 32.2 Å². The number of methoxy groups -OCH3 is 1. The van der Waals surface area contributed by atoms with Gasteiger partial charge in [0.25, 0.3) is 0 Å². The van der Waals surface area contributed by atoms with Crippen LogP contribution < -0.4 is 5.32 Å². The molecule has 0 aromatic heterocycles. The molecule has 6 unspecified atom stereocenters. The molecule has 7 heteroatoms. The van der Waals surface area contributed by atoms with Crippen molar-refractivity contribution >= 4 is 23.4 Å². The summed E-state index contributed by atoms with van der Waals surface area (Å²) in [6.07, 6.45) is 3.55.